The van der Waals surface area contributed by atoms with E-state index in [-0.39, 0.29) is 17.4 Å². The van der Waals surface area contributed by atoms with Gasteiger partial charge in [-0.05, 0) is 29.5 Å². The van der Waals surface area contributed by atoms with Gasteiger partial charge >= 0.3 is 7.82 Å². The third-order valence-corrected chi connectivity index (χ3v) is 4.28. The van der Waals surface area contributed by atoms with E-state index in [4.69, 9.17) is 14.3 Å². The van der Waals surface area contributed by atoms with Crippen LogP contribution in [0, 0.1) is 0 Å². The first-order chi connectivity index (χ1) is 11.7. The average molecular weight is 359 g/mol. The van der Waals surface area contributed by atoms with E-state index in [1.807, 2.05) is 30.3 Å². The van der Waals surface area contributed by atoms with E-state index in [0.29, 0.717) is 16.8 Å². The second-order valence-corrected chi connectivity index (χ2v) is 7.22. The zero-order chi connectivity index (χ0) is 18.2. The van der Waals surface area contributed by atoms with Crippen LogP contribution in [0.1, 0.15) is 25.3 Å². The Bertz CT molecular complexity index is 980. The molecule has 2 aromatic carbocycles. The summed E-state index contributed by atoms with van der Waals surface area (Å²) < 4.78 is 16.1. The molecule has 0 aliphatic heterocycles. The maximum absolute atomic E-state index is 11.3. The van der Waals surface area contributed by atoms with Crippen LogP contribution in [-0.4, -0.2) is 19.9 Å². The van der Waals surface area contributed by atoms with Crippen molar-refractivity contribution in [2.75, 3.05) is 0 Å². The van der Waals surface area contributed by atoms with Crippen molar-refractivity contribution in [2.24, 2.45) is 0 Å². The number of phosphoric ester groups is 1. The number of pyridine rings is 1. The summed E-state index contributed by atoms with van der Waals surface area (Å²) in [5.41, 5.74) is 1.42. The minimum absolute atomic E-state index is 0.0479. The molecule has 0 bridgehead atoms. The SMILES string of the molecule is CC(C)c1c(O)cc(-c2cc3ccccc3cn2)cc1OP(=O)(O)O. The number of phenolic OH excluding ortho intramolecular Hbond substituents is 1. The van der Waals surface area contributed by atoms with Gasteiger partial charge in [-0.2, -0.15) is 0 Å². The molecule has 7 heteroatoms. The van der Waals surface area contributed by atoms with Gasteiger partial charge in [0.1, 0.15) is 11.5 Å². The normalized spacial score (nSPS) is 11.9. The lowest BCUT2D eigenvalue weighted by molar-refractivity contribution is 0.281. The van der Waals surface area contributed by atoms with Gasteiger partial charge in [0.2, 0.25) is 0 Å². The van der Waals surface area contributed by atoms with Crippen molar-refractivity contribution in [3.05, 3.63) is 54.2 Å². The van der Waals surface area contributed by atoms with E-state index in [9.17, 15) is 9.67 Å². The number of aromatic nitrogens is 1. The van der Waals surface area contributed by atoms with Gasteiger partial charge in [-0.3, -0.25) is 14.8 Å². The molecule has 6 nitrogen and oxygen atoms in total. The summed E-state index contributed by atoms with van der Waals surface area (Å²) in [5, 5.41) is 12.3. The maximum Gasteiger partial charge on any atom is 0.524 e. The summed E-state index contributed by atoms with van der Waals surface area (Å²) in [4.78, 5) is 22.7. The molecule has 3 aromatic rings. The summed E-state index contributed by atoms with van der Waals surface area (Å²) in [5.74, 6) is -0.320. The Labute approximate surface area is 145 Å². The predicted octanol–water partition coefficient (Wildman–Crippen LogP) is 4.20. The van der Waals surface area contributed by atoms with Crippen molar-refractivity contribution in [2.45, 2.75) is 19.8 Å². The number of aromatic hydroxyl groups is 1. The molecule has 0 amide bonds. The molecular weight excluding hydrogens is 341 g/mol. The average Bonchev–Trinajstić information content (AvgIpc) is 2.52. The second-order valence-electron chi connectivity index (χ2n) is 6.06. The summed E-state index contributed by atoms with van der Waals surface area (Å²) in [7, 11) is -4.76. The molecule has 0 fully saturated rings. The first-order valence-corrected chi connectivity index (χ1v) is 9.25. The third-order valence-electron chi connectivity index (χ3n) is 3.84. The Hall–Kier alpha value is -2.40. The van der Waals surface area contributed by atoms with Gasteiger partial charge in [-0.15, -0.1) is 0 Å². The van der Waals surface area contributed by atoms with Crippen molar-refractivity contribution in [1.82, 2.24) is 4.98 Å². The molecule has 0 spiro atoms. The predicted molar refractivity (Wildman–Crippen MR) is 95.6 cm³/mol. The van der Waals surface area contributed by atoms with Crippen molar-refractivity contribution in [3.8, 4) is 22.8 Å². The standard InChI is InChI=1S/C18H18NO5P/c1-11(2)18-16(20)8-14(9-17(18)24-25(21,22)23)15-7-12-5-3-4-6-13(12)10-19-15/h3-11,20H,1-2H3,(H2,21,22,23). The van der Waals surface area contributed by atoms with E-state index in [2.05, 4.69) is 4.98 Å². The summed E-state index contributed by atoms with van der Waals surface area (Å²) in [6, 6.07) is 12.6. The fraction of sp³-hybridized carbons (Fsp3) is 0.167. The second kappa shape index (κ2) is 6.48. The molecule has 3 rings (SSSR count). The highest BCUT2D eigenvalue weighted by Crippen LogP contribution is 2.45. The lowest BCUT2D eigenvalue weighted by Crippen LogP contribution is -1.99. The molecule has 0 atom stereocenters. The number of hydrogen-bond donors (Lipinski definition) is 3. The highest BCUT2D eigenvalue weighted by atomic mass is 31.2. The zero-order valence-corrected chi connectivity index (χ0v) is 14.6. The third kappa shape index (κ3) is 3.82. The number of phenols is 1. The van der Waals surface area contributed by atoms with E-state index >= 15 is 0 Å². The van der Waals surface area contributed by atoms with Gasteiger partial charge < -0.3 is 9.63 Å². The van der Waals surface area contributed by atoms with Crippen LogP contribution in [0.25, 0.3) is 22.0 Å². The van der Waals surface area contributed by atoms with Gasteiger partial charge in [0, 0.05) is 22.7 Å². The molecular formula is C18H18NO5P. The molecule has 0 aliphatic carbocycles. The van der Waals surface area contributed by atoms with Gasteiger partial charge in [0.05, 0.1) is 5.69 Å². The molecule has 0 unspecified atom stereocenters. The van der Waals surface area contributed by atoms with Gasteiger partial charge in [0.15, 0.2) is 0 Å². The molecule has 3 N–H and O–H groups in total. The van der Waals surface area contributed by atoms with Crippen LogP contribution in [-0.2, 0) is 4.57 Å². The fourth-order valence-electron chi connectivity index (χ4n) is 2.79. The number of nitrogens with zero attached hydrogens (tertiary/aromatic N) is 1. The Morgan fingerprint density at radius 2 is 1.76 bits per heavy atom. The summed E-state index contributed by atoms with van der Waals surface area (Å²) >= 11 is 0. The van der Waals surface area contributed by atoms with Crippen LogP contribution in [0.3, 0.4) is 0 Å². The zero-order valence-electron chi connectivity index (χ0n) is 13.7. The van der Waals surface area contributed by atoms with Crippen LogP contribution in [0.4, 0.5) is 0 Å². The van der Waals surface area contributed by atoms with Crippen LogP contribution < -0.4 is 4.52 Å². The van der Waals surface area contributed by atoms with E-state index in [1.54, 1.807) is 20.0 Å². The molecule has 1 heterocycles. The minimum atomic E-state index is -4.76. The minimum Gasteiger partial charge on any atom is -0.507 e. The number of rotatable bonds is 4. The monoisotopic (exact) mass is 359 g/mol. The molecule has 0 saturated carbocycles. The highest BCUT2D eigenvalue weighted by molar-refractivity contribution is 7.46. The van der Waals surface area contributed by atoms with Gasteiger partial charge in [-0.1, -0.05) is 38.1 Å². The Kier molecular flexibility index (Phi) is 4.52. The largest absolute Gasteiger partial charge is 0.524 e. The van der Waals surface area contributed by atoms with E-state index in [0.717, 1.165) is 10.8 Å². The number of phosphoric acid groups is 1. The van der Waals surface area contributed by atoms with Crippen molar-refractivity contribution in [1.29, 1.82) is 0 Å². The molecule has 0 aliphatic rings. The van der Waals surface area contributed by atoms with Gasteiger partial charge in [-0.25, -0.2) is 4.57 Å². The fourth-order valence-corrected chi connectivity index (χ4v) is 3.19. The quantitative estimate of drug-likeness (QED) is 0.604. The van der Waals surface area contributed by atoms with Crippen molar-refractivity contribution < 1.29 is 24.0 Å². The molecule has 25 heavy (non-hydrogen) atoms. The first kappa shape index (κ1) is 17.4. The first-order valence-electron chi connectivity index (χ1n) is 7.72. The summed E-state index contributed by atoms with van der Waals surface area (Å²) in [6.45, 7) is 3.60. The smallest absolute Gasteiger partial charge is 0.507 e. The Balaban J connectivity index is 2.16. The Morgan fingerprint density at radius 1 is 1.08 bits per heavy atom. The number of fused-ring (bicyclic) bond motifs is 1. The van der Waals surface area contributed by atoms with E-state index in [1.165, 1.54) is 12.1 Å². The molecule has 0 saturated heterocycles. The number of benzene rings is 2. The lowest BCUT2D eigenvalue weighted by atomic mass is 9.97. The van der Waals surface area contributed by atoms with Crippen LogP contribution in [0.5, 0.6) is 11.5 Å². The van der Waals surface area contributed by atoms with Crippen molar-refractivity contribution >= 4 is 18.6 Å². The van der Waals surface area contributed by atoms with Gasteiger partial charge in [0.25, 0.3) is 0 Å². The highest BCUT2D eigenvalue weighted by Gasteiger charge is 2.23. The Morgan fingerprint density at radius 3 is 2.40 bits per heavy atom. The number of hydrogen-bond acceptors (Lipinski definition) is 4. The molecule has 0 radical (unpaired) electrons. The maximum atomic E-state index is 11.3. The molecule has 130 valence electrons. The topological polar surface area (TPSA) is 99.9 Å². The van der Waals surface area contributed by atoms with Crippen LogP contribution in [0.15, 0.2) is 48.7 Å². The van der Waals surface area contributed by atoms with Crippen LogP contribution in [0.2, 0.25) is 0 Å². The summed E-state index contributed by atoms with van der Waals surface area (Å²) in [6.07, 6.45) is 1.71. The lowest BCUT2D eigenvalue weighted by Gasteiger charge is -2.17. The van der Waals surface area contributed by atoms with Crippen molar-refractivity contribution in [3.63, 3.8) is 0 Å². The van der Waals surface area contributed by atoms with Crippen LogP contribution >= 0.6 is 7.82 Å². The molecule has 1 aromatic heterocycles. The van der Waals surface area contributed by atoms with E-state index < -0.39 is 7.82 Å².